The number of carbonyl (C=O) groups is 1. The topological polar surface area (TPSA) is 51.0 Å². The fourth-order valence-corrected chi connectivity index (χ4v) is 2.62. The molecule has 2 aromatic rings. The molecule has 1 aliphatic rings. The molecular weight excluding hydrogens is 240 g/mol. The molecule has 0 spiro atoms. The number of aryl methyl sites for hydroxylation is 1. The molecule has 98 valence electrons. The van der Waals surface area contributed by atoms with E-state index in [0.717, 1.165) is 12.1 Å². The Balaban J connectivity index is 1.73. The smallest absolute Gasteiger partial charge is 0.229 e. The summed E-state index contributed by atoms with van der Waals surface area (Å²) in [6.45, 7) is 2.66. The Morgan fingerprint density at radius 3 is 3.05 bits per heavy atom. The van der Waals surface area contributed by atoms with Crippen molar-refractivity contribution in [2.75, 3.05) is 4.90 Å². The summed E-state index contributed by atoms with van der Waals surface area (Å²) >= 11 is 0. The maximum absolute atomic E-state index is 12.4. The van der Waals surface area contributed by atoms with E-state index in [4.69, 9.17) is 0 Å². The average Bonchev–Trinajstić information content (AvgIpc) is 3.02. The van der Waals surface area contributed by atoms with Crippen molar-refractivity contribution in [3.8, 4) is 0 Å². The third-order valence-corrected chi connectivity index (χ3v) is 3.50. The van der Waals surface area contributed by atoms with Gasteiger partial charge in [-0.3, -0.25) is 9.48 Å². The van der Waals surface area contributed by atoms with Crippen LogP contribution in [0.2, 0.25) is 0 Å². The summed E-state index contributed by atoms with van der Waals surface area (Å²) in [6, 6.07) is 8.35. The van der Waals surface area contributed by atoms with Crippen LogP contribution in [-0.2, 0) is 17.8 Å². The van der Waals surface area contributed by atoms with Gasteiger partial charge in [0.25, 0.3) is 0 Å². The molecule has 19 heavy (non-hydrogen) atoms. The molecule has 0 aliphatic carbocycles. The van der Waals surface area contributed by atoms with Crippen LogP contribution in [0.15, 0.2) is 36.9 Å². The number of anilines is 1. The van der Waals surface area contributed by atoms with E-state index in [9.17, 15) is 4.79 Å². The van der Waals surface area contributed by atoms with Gasteiger partial charge in [0.15, 0.2) is 0 Å². The first-order valence-corrected chi connectivity index (χ1v) is 6.48. The van der Waals surface area contributed by atoms with Crippen molar-refractivity contribution in [1.29, 1.82) is 0 Å². The lowest BCUT2D eigenvalue weighted by molar-refractivity contribution is -0.119. The van der Waals surface area contributed by atoms with E-state index in [1.807, 2.05) is 23.1 Å². The zero-order valence-corrected chi connectivity index (χ0v) is 10.9. The van der Waals surface area contributed by atoms with E-state index in [1.165, 1.54) is 11.9 Å². The highest BCUT2D eigenvalue weighted by atomic mass is 16.2. The van der Waals surface area contributed by atoms with Crippen molar-refractivity contribution in [3.63, 3.8) is 0 Å². The van der Waals surface area contributed by atoms with Gasteiger partial charge in [0.2, 0.25) is 5.91 Å². The van der Waals surface area contributed by atoms with Crippen LogP contribution in [0, 0.1) is 0 Å². The Morgan fingerprint density at radius 2 is 2.26 bits per heavy atom. The highest BCUT2D eigenvalue weighted by Crippen LogP contribution is 2.32. The van der Waals surface area contributed by atoms with Crippen LogP contribution in [0.1, 0.15) is 18.9 Å². The van der Waals surface area contributed by atoms with E-state index >= 15 is 0 Å². The number of aromatic nitrogens is 3. The quantitative estimate of drug-likeness (QED) is 0.839. The molecule has 1 atom stereocenters. The lowest BCUT2D eigenvalue weighted by Crippen LogP contribution is -2.36. The Morgan fingerprint density at radius 1 is 1.42 bits per heavy atom. The van der Waals surface area contributed by atoms with Crippen molar-refractivity contribution in [3.05, 3.63) is 42.5 Å². The molecule has 1 aromatic heterocycles. The average molecular weight is 256 g/mol. The van der Waals surface area contributed by atoms with Gasteiger partial charge in [-0.1, -0.05) is 18.2 Å². The van der Waals surface area contributed by atoms with Crippen LogP contribution in [0.5, 0.6) is 0 Å². The lowest BCUT2D eigenvalue weighted by atomic mass is 10.1. The number of carbonyl (C=O) groups excluding carboxylic acids is 1. The van der Waals surface area contributed by atoms with Gasteiger partial charge < -0.3 is 4.90 Å². The summed E-state index contributed by atoms with van der Waals surface area (Å²) in [4.78, 5) is 18.2. The fraction of sp³-hybridized carbons (Fsp3) is 0.357. The van der Waals surface area contributed by atoms with E-state index in [0.29, 0.717) is 13.0 Å². The van der Waals surface area contributed by atoms with Crippen LogP contribution in [0.25, 0.3) is 0 Å². The predicted octanol–water partition coefficient (Wildman–Crippen LogP) is 1.65. The summed E-state index contributed by atoms with van der Waals surface area (Å²) in [7, 11) is 0. The number of benzene rings is 1. The molecule has 0 radical (unpaired) electrons. The SMILES string of the molecule is C[C@@H]1Cc2ccccc2N1C(=O)CCn1cncn1. The molecule has 0 bridgehead atoms. The Bertz CT molecular complexity index is 579. The minimum Gasteiger partial charge on any atom is -0.309 e. The number of fused-ring (bicyclic) bond motifs is 1. The highest BCUT2D eigenvalue weighted by molar-refractivity contribution is 5.96. The first kappa shape index (κ1) is 11.9. The number of nitrogens with zero attached hydrogens (tertiary/aromatic N) is 4. The van der Waals surface area contributed by atoms with Gasteiger partial charge in [0.05, 0.1) is 6.54 Å². The summed E-state index contributed by atoms with van der Waals surface area (Å²) < 4.78 is 1.69. The zero-order valence-electron chi connectivity index (χ0n) is 10.9. The number of hydrogen-bond acceptors (Lipinski definition) is 3. The molecule has 1 amide bonds. The first-order valence-electron chi connectivity index (χ1n) is 6.48. The maximum Gasteiger partial charge on any atom is 0.229 e. The normalized spacial score (nSPS) is 17.5. The number of hydrogen-bond donors (Lipinski definition) is 0. The standard InChI is InChI=1S/C14H16N4O/c1-11-8-12-4-2-3-5-13(12)18(11)14(19)6-7-17-10-15-9-16-17/h2-5,9-11H,6-8H2,1H3/t11-/m1/s1. The fourth-order valence-electron chi connectivity index (χ4n) is 2.62. The minimum absolute atomic E-state index is 0.146. The third kappa shape index (κ3) is 2.23. The van der Waals surface area contributed by atoms with Crippen molar-refractivity contribution in [1.82, 2.24) is 14.8 Å². The second-order valence-electron chi connectivity index (χ2n) is 4.85. The van der Waals surface area contributed by atoms with Gasteiger partial charge in [0.1, 0.15) is 12.7 Å². The summed E-state index contributed by atoms with van der Waals surface area (Å²) in [6.07, 6.45) is 4.50. The van der Waals surface area contributed by atoms with E-state index in [1.54, 1.807) is 11.0 Å². The molecule has 2 heterocycles. The predicted molar refractivity (Wildman–Crippen MR) is 71.7 cm³/mol. The molecule has 0 fully saturated rings. The number of rotatable bonds is 3. The summed E-state index contributed by atoms with van der Waals surface area (Å²) in [5.74, 6) is 0.146. The zero-order chi connectivity index (χ0) is 13.2. The van der Waals surface area contributed by atoms with Crippen molar-refractivity contribution < 1.29 is 4.79 Å². The largest absolute Gasteiger partial charge is 0.309 e. The second-order valence-corrected chi connectivity index (χ2v) is 4.85. The van der Waals surface area contributed by atoms with Crippen LogP contribution in [0.3, 0.4) is 0 Å². The Hall–Kier alpha value is -2.17. The molecule has 0 saturated heterocycles. The summed E-state index contributed by atoms with van der Waals surface area (Å²) in [5.41, 5.74) is 2.31. The van der Waals surface area contributed by atoms with Crippen LogP contribution in [0.4, 0.5) is 5.69 Å². The first-order chi connectivity index (χ1) is 9.25. The van der Waals surface area contributed by atoms with E-state index in [2.05, 4.69) is 23.1 Å². The maximum atomic E-state index is 12.4. The number of para-hydroxylation sites is 1. The minimum atomic E-state index is 0.146. The Labute approximate surface area is 111 Å². The van der Waals surface area contributed by atoms with Crippen LogP contribution in [-0.4, -0.2) is 26.7 Å². The third-order valence-electron chi connectivity index (χ3n) is 3.50. The molecule has 5 nitrogen and oxygen atoms in total. The van der Waals surface area contributed by atoms with Gasteiger partial charge in [0, 0.05) is 18.2 Å². The van der Waals surface area contributed by atoms with Gasteiger partial charge in [-0.2, -0.15) is 5.10 Å². The molecule has 1 aromatic carbocycles. The molecule has 1 aliphatic heterocycles. The van der Waals surface area contributed by atoms with Gasteiger partial charge in [-0.25, -0.2) is 4.98 Å². The molecule has 0 unspecified atom stereocenters. The van der Waals surface area contributed by atoms with Crippen molar-refractivity contribution in [2.45, 2.75) is 32.4 Å². The van der Waals surface area contributed by atoms with Gasteiger partial charge >= 0.3 is 0 Å². The molecule has 3 rings (SSSR count). The van der Waals surface area contributed by atoms with Gasteiger partial charge in [-0.05, 0) is 25.0 Å². The number of amides is 1. The molecule has 0 saturated carbocycles. The van der Waals surface area contributed by atoms with E-state index in [-0.39, 0.29) is 11.9 Å². The van der Waals surface area contributed by atoms with Gasteiger partial charge in [-0.15, -0.1) is 0 Å². The Kier molecular flexibility index (Phi) is 3.03. The monoisotopic (exact) mass is 256 g/mol. The van der Waals surface area contributed by atoms with E-state index < -0.39 is 0 Å². The van der Waals surface area contributed by atoms with Crippen molar-refractivity contribution >= 4 is 11.6 Å². The molecule has 5 heteroatoms. The van der Waals surface area contributed by atoms with Crippen LogP contribution < -0.4 is 4.90 Å². The molecular formula is C14H16N4O. The van der Waals surface area contributed by atoms with Crippen LogP contribution >= 0.6 is 0 Å². The molecule has 0 N–H and O–H groups in total. The highest BCUT2D eigenvalue weighted by Gasteiger charge is 2.29. The second kappa shape index (κ2) is 4.84. The van der Waals surface area contributed by atoms with Crippen molar-refractivity contribution in [2.24, 2.45) is 0 Å². The lowest BCUT2D eigenvalue weighted by Gasteiger charge is -2.22. The summed E-state index contributed by atoms with van der Waals surface area (Å²) in [5, 5.41) is 4.01.